The van der Waals surface area contributed by atoms with E-state index < -0.39 is 35.3 Å². The Hall–Kier alpha value is -1.14. The van der Waals surface area contributed by atoms with Crippen LogP contribution in [0.15, 0.2) is 0 Å². The zero-order chi connectivity index (χ0) is 34.6. The molecule has 46 heavy (non-hydrogen) atoms. The van der Waals surface area contributed by atoms with Crippen molar-refractivity contribution in [3.8, 4) is 0 Å². The smallest absolute Gasteiger partial charge is 0.319 e. The molecule has 3 heterocycles. The van der Waals surface area contributed by atoms with Crippen molar-refractivity contribution < 1.29 is 28.5 Å². The molecule has 9 atom stereocenters. The van der Waals surface area contributed by atoms with Crippen molar-refractivity contribution in [3.63, 3.8) is 0 Å². The van der Waals surface area contributed by atoms with Crippen LogP contribution in [0.2, 0.25) is 0 Å². The highest BCUT2D eigenvalue weighted by molar-refractivity contribution is 6.04. The summed E-state index contributed by atoms with van der Waals surface area (Å²) in [5.41, 5.74) is -2.16. The molecule has 3 aliphatic rings. The fourth-order valence-corrected chi connectivity index (χ4v) is 8.02. The summed E-state index contributed by atoms with van der Waals surface area (Å²) >= 11 is 0. The predicted octanol–water partition coefficient (Wildman–Crippen LogP) is 4.01. The van der Waals surface area contributed by atoms with Crippen molar-refractivity contribution in [1.29, 1.82) is 0 Å². The van der Waals surface area contributed by atoms with Gasteiger partial charge in [0.2, 0.25) is 0 Å². The number of piperazine rings is 1. The van der Waals surface area contributed by atoms with Gasteiger partial charge in [0, 0.05) is 71.3 Å². The van der Waals surface area contributed by atoms with Gasteiger partial charge in [0.15, 0.2) is 12.1 Å². The number of ketones is 1. The Morgan fingerprint density at radius 3 is 2.15 bits per heavy atom. The van der Waals surface area contributed by atoms with E-state index in [1.807, 2.05) is 13.8 Å². The molecule has 0 radical (unpaired) electrons. The van der Waals surface area contributed by atoms with E-state index in [1.165, 1.54) is 0 Å². The van der Waals surface area contributed by atoms with Crippen molar-refractivity contribution in [2.75, 3.05) is 74.1 Å². The van der Waals surface area contributed by atoms with E-state index in [9.17, 15) is 9.59 Å². The van der Waals surface area contributed by atoms with Gasteiger partial charge in [-0.3, -0.25) is 19.4 Å². The Kier molecular flexibility index (Phi) is 14.1. The molecule has 10 heteroatoms. The number of rotatable bonds is 8. The van der Waals surface area contributed by atoms with Crippen LogP contribution >= 0.6 is 0 Å². The molecular formula is C36H68N4O6. The Balaban J connectivity index is 1.90. The van der Waals surface area contributed by atoms with Crippen LogP contribution in [0.5, 0.6) is 0 Å². The first kappa shape index (κ1) is 39.3. The van der Waals surface area contributed by atoms with E-state index >= 15 is 0 Å². The van der Waals surface area contributed by atoms with Crippen LogP contribution in [-0.4, -0.2) is 148 Å². The minimum atomic E-state index is -1.36. The molecule has 3 rings (SSSR count). The average molecular weight is 653 g/mol. The lowest BCUT2D eigenvalue weighted by Gasteiger charge is -2.45. The maximum Gasteiger partial charge on any atom is 0.319 e. The van der Waals surface area contributed by atoms with E-state index in [2.05, 4.69) is 75.4 Å². The van der Waals surface area contributed by atoms with Crippen LogP contribution < -0.4 is 0 Å². The quantitative estimate of drug-likeness (QED) is 0.283. The van der Waals surface area contributed by atoms with Crippen LogP contribution in [0.25, 0.3) is 0 Å². The number of ether oxygens (including phenoxy) is 4. The van der Waals surface area contributed by atoms with Crippen LogP contribution in [0, 0.1) is 23.2 Å². The van der Waals surface area contributed by atoms with Crippen molar-refractivity contribution in [3.05, 3.63) is 0 Å². The molecule has 0 amide bonds. The van der Waals surface area contributed by atoms with Gasteiger partial charge in [-0.2, -0.15) is 0 Å². The van der Waals surface area contributed by atoms with Crippen LogP contribution in [0.3, 0.4) is 0 Å². The molecule has 0 unspecified atom stereocenters. The number of esters is 1. The van der Waals surface area contributed by atoms with Gasteiger partial charge in [0.1, 0.15) is 11.5 Å². The van der Waals surface area contributed by atoms with Gasteiger partial charge < -0.3 is 28.7 Å². The van der Waals surface area contributed by atoms with Crippen molar-refractivity contribution in [2.45, 2.75) is 124 Å². The normalized spacial score (nSPS) is 38.3. The molecule has 3 saturated heterocycles. The van der Waals surface area contributed by atoms with E-state index in [1.54, 1.807) is 21.0 Å². The molecule has 10 nitrogen and oxygen atoms in total. The van der Waals surface area contributed by atoms with E-state index in [0.29, 0.717) is 24.8 Å². The van der Waals surface area contributed by atoms with Crippen molar-refractivity contribution in [1.82, 2.24) is 19.6 Å². The number of cyclic esters (lactones) is 1. The molecule has 3 aliphatic heterocycles. The minimum absolute atomic E-state index is 0.0203. The second-order valence-electron chi connectivity index (χ2n) is 16.2. The molecular weight excluding hydrogens is 584 g/mol. The molecule has 0 aliphatic carbocycles. The monoisotopic (exact) mass is 653 g/mol. The third kappa shape index (κ3) is 9.95. The number of methoxy groups -OCH3 is 1. The molecule has 0 saturated carbocycles. The molecule has 0 aromatic rings. The number of carbonyl (C=O) groups is 2. The molecule has 0 bridgehead atoms. The van der Waals surface area contributed by atoms with Crippen molar-refractivity contribution >= 4 is 11.8 Å². The number of hydrogen-bond acceptors (Lipinski definition) is 10. The van der Waals surface area contributed by atoms with Crippen LogP contribution in [0.1, 0.15) is 81.6 Å². The third-order valence-electron chi connectivity index (χ3n) is 10.8. The summed E-state index contributed by atoms with van der Waals surface area (Å²) in [6, 6.07) is 0.284. The summed E-state index contributed by atoms with van der Waals surface area (Å²) in [5.74, 6) is -0.461. The highest BCUT2D eigenvalue weighted by Gasteiger charge is 2.51. The van der Waals surface area contributed by atoms with E-state index in [0.717, 1.165) is 52.2 Å². The summed E-state index contributed by atoms with van der Waals surface area (Å²) in [4.78, 5) is 37.8. The summed E-state index contributed by atoms with van der Waals surface area (Å²) in [6.45, 7) is 24.9. The van der Waals surface area contributed by atoms with Crippen LogP contribution in [-0.2, 0) is 28.5 Å². The number of nitrogens with zero attached hydrogens (tertiary/aromatic N) is 4. The van der Waals surface area contributed by atoms with Gasteiger partial charge in [-0.1, -0.05) is 27.7 Å². The number of Topliss-reactive ketones (excluding diaryl/α,β-unsaturated/α-hetero) is 1. The number of likely N-dealkylation sites (N-methyl/N-ethyl adjacent to an activating group) is 1. The first-order chi connectivity index (χ1) is 21.4. The second kappa shape index (κ2) is 16.5. The standard InChI is InChI=1S/C36H68N4O6/c1-24(2)21-39-14-16-40(17-15-39)23-30-28(6)45-34(42)35(7,8)32(41)27(5)33(36(9,43-13)20-25(3)22-38(30)12)46-31-19-29(37(10)11)18-26(4)44-31/h24-31,33H,14-23H2,1-13H3/t25-,26-,27+,28+,29+,30+,31+,33-,36-/m1/s1. The highest BCUT2D eigenvalue weighted by Crippen LogP contribution is 2.38. The Labute approximate surface area is 280 Å². The lowest BCUT2D eigenvalue weighted by Crippen LogP contribution is -2.55. The summed E-state index contributed by atoms with van der Waals surface area (Å²) in [5, 5.41) is 0. The van der Waals surface area contributed by atoms with Crippen molar-refractivity contribution in [2.24, 2.45) is 23.2 Å². The average Bonchev–Trinajstić information content (AvgIpc) is 2.97. The van der Waals surface area contributed by atoms with Gasteiger partial charge in [0.05, 0.1) is 23.9 Å². The zero-order valence-electron chi connectivity index (χ0n) is 31.5. The topological polar surface area (TPSA) is 84.0 Å². The van der Waals surface area contributed by atoms with E-state index in [4.69, 9.17) is 18.9 Å². The molecule has 0 N–H and O–H groups in total. The molecule has 0 aromatic heterocycles. The van der Waals surface area contributed by atoms with Gasteiger partial charge in [-0.15, -0.1) is 0 Å². The Bertz CT molecular complexity index is 986. The fourth-order valence-electron chi connectivity index (χ4n) is 8.02. The van der Waals surface area contributed by atoms with Gasteiger partial charge in [-0.25, -0.2) is 0 Å². The Morgan fingerprint density at radius 2 is 1.59 bits per heavy atom. The first-order valence-electron chi connectivity index (χ1n) is 17.8. The SMILES string of the molecule is CO[C@]1(C)C[C@@H](C)CN(C)[C@@H](CN2CCN(CC(C)C)CC2)[C@H](C)OC(=O)C(C)(C)C(=O)[C@H](C)[C@H]1O[C@H]1C[C@@H](N(C)C)C[C@@H](C)O1. The second-order valence-corrected chi connectivity index (χ2v) is 16.2. The largest absolute Gasteiger partial charge is 0.460 e. The zero-order valence-corrected chi connectivity index (χ0v) is 31.5. The lowest BCUT2D eigenvalue weighted by atomic mass is 9.74. The number of carbonyl (C=O) groups excluding carboxylic acids is 2. The molecule has 3 fully saturated rings. The van der Waals surface area contributed by atoms with Crippen LogP contribution in [0.4, 0.5) is 0 Å². The van der Waals surface area contributed by atoms with Gasteiger partial charge >= 0.3 is 5.97 Å². The lowest BCUT2D eigenvalue weighted by molar-refractivity contribution is -0.263. The van der Waals surface area contributed by atoms with E-state index in [-0.39, 0.29) is 30.0 Å². The molecule has 0 spiro atoms. The number of hydrogen-bond donors (Lipinski definition) is 0. The third-order valence-corrected chi connectivity index (χ3v) is 10.8. The maximum atomic E-state index is 14.3. The highest BCUT2D eigenvalue weighted by atomic mass is 16.7. The predicted molar refractivity (Wildman–Crippen MR) is 183 cm³/mol. The van der Waals surface area contributed by atoms with Gasteiger partial charge in [0.25, 0.3) is 0 Å². The molecule has 268 valence electrons. The minimum Gasteiger partial charge on any atom is -0.460 e. The summed E-state index contributed by atoms with van der Waals surface area (Å²) < 4.78 is 25.6. The summed E-state index contributed by atoms with van der Waals surface area (Å²) in [7, 11) is 8.00. The first-order valence-corrected chi connectivity index (χ1v) is 17.8. The molecule has 0 aromatic carbocycles. The maximum absolute atomic E-state index is 14.3. The van der Waals surface area contributed by atoms with Gasteiger partial charge in [-0.05, 0) is 80.4 Å². The fraction of sp³-hybridized carbons (Fsp3) is 0.944. The summed E-state index contributed by atoms with van der Waals surface area (Å²) in [6.07, 6.45) is 0.823. The Morgan fingerprint density at radius 1 is 0.978 bits per heavy atom.